The zero-order valence-corrected chi connectivity index (χ0v) is 17.6. The molecule has 0 bridgehead atoms. The SMILES string of the molecule is N=S(=O)(NC(=O)NC1CCc2cc3c(c(C(=O)O)c21)CCC3)c1cnn2c1OCCC2. The molecule has 164 valence electrons. The highest BCUT2D eigenvalue weighted by molar-refractivity contribution is 7.91. The molecule has 1 aromatic heterocycles. The minimum atomic E-state index is -3.70. The summed E-state index contributed by atoms with van der Waals surface area (Å²) < 4.78 is 30.4. The zero-order valence-electron chi connectivity index (χ0n) is 16.8. The van der Waals surface area contributed by atoms with E-state index in [9.17, 15) is 18.9 Å². The molecule has 2 aromatic rings. The average molecular weight is 446 g/mol. The number of carbonyl (C=O) groups is 2. The number of hydrogen-bond donors (Lipinski definition) is 4. The van der Waals surface area contributed by atoms with Crippen LogP contribution >= 0.6 is 0 Å². The number of aromatic carboxylic acids is 1. The number of rotatable bonds is 4. The van der Waals surface area contributed by atoms with Crippen LogP contribution in [0.2, 0.25) is 0 Å². The molecule has 2 heterocycles. The molecule has 0 saturated carbocycles. The number of aryl methyl sites for hydroxylation is 3. The first kappa shape index (κ1) is 19.9. The number of hydrogen-bond acceptors (Lipinski definition) is 6. The van der Waals surface area contributed by atoms with Crippen molar-refractivity contribution in [2.75, 3.05) is 6.61 Å². The predicted octanol–water partition coefficient (Wildman–Crippen LogP) is 2.16. The first-order chi connectivity index (χ1) is 14.8. The van der Waals surface area contributed by atoms with Crippen LogP contribution in [-0.2, 0) is 35.7 Å². The number of ether oxygens (including phenoxy) is 1. The molecule has 2 atom stereocenters. The van der Waals surface area contributed by atoms with Gasteiger partial charge in [0.15, 0.2) is 9.92 Å². The van der Waals surface area contributed by atoms with Crippen LogP contribution in [0.15, 0.2) is 17.2 Å². The summed E-state index contributed by atoms with van der Waals surface area (Å²) in [6, 6.07) is 0.762. The lowest BCUT2D eigenvalue weighted by Crippen LogP contribution is -2.40. The topological polar surface area (TPSA) is 146 Å². The van der Waals surface area contributed by atoms with E-state index in [-0.39, 0.29) is 10.8 Å². The maximum absolute atomic E-state index is 12.9. The number of carbonyl (C=O) groups excluding carboxylic acids is 1. The number of nitrogens with one attached hydrogen (secondary N) is 3. The second kappa shape index (κ2) is 7.26. The first-order valence-electron chi connectivity index (χ1n) is 10.3. The van der Waals surface area contributed by atoms with Crippen LogP contribution in [0.4, 0.5) is 4.79 Å². The molecule has 1 aromatic carbocycles. The monoisotopic (exact) mass is 445 g/mol. The standard InChI is InChI=1S/C20H23N5O5S/c21-31(29,15-10-22-25-7-2-8-30-18(15)25)24-20(28)23-14-6-5-12-9-11-3-1-4-13(11)17(16(12)14)19(26)27/h9-10,14H,1-8H2,(H,26,27)(H3,21,23,24,28,29). The molecule has 4 N–H and O–H groups in total. The van der Waals surface area contributed by atoms with Gasteiger partial charge in [0, 0.05) is 13.0 Å². The van der Waals surface area contributed by atoms with Crippen LogP contribution in [-0.4, -0.2) is 37.7 Å². The summed E-state index contributed by atoms with van der Waals surface area (Å²) in [6.45, 7) is 1.03. The number of nitrogens with zero attached hydrogens (tertiary/aromatic N) is 2. The van der Waals surface area contributed by atoms with Crippen molar-refractivity contribution < 1.29 is 23.6 Å². The maximum Gasteiger partial charge on any atom is 0.336 e. The Morgan fingerprint density at radius 2 is 2.10 bits per heavy atom. The second-order valence-electron chi connectivity index (χ2n) is 8.08. The minimum Gasteiger partial charge on any atom is -0.478 e. The second-order valence-corrected chi connectivity index (χ2v) is 9.84. The predicted molar refractivity (Wildman–Crippen MR) is 110 cm³/mol. The summed E-state index contributed by atoms with van der Waals surface area (Å²) in [5, 5.41) is 16.7. The number of carboxylic acid groups (broad SMARTS) is 1. The summed E-state index contributed by atoms with van der Waals surface area (Å²) in [4.78, 5) is 24.7. The van der Waals surface area contributed by atoms with Crippen molar-refractivity contribution in [2.24, 2.45) is 0 Å². The van der Waals surface area contributed by atoms with Gasteiger partial charge in [-0.1, -0.05) is 6.07 Å². The molecule has 5 rings (SSSR count). The molecule has 0 spiro atoms. The Labute approximate surface area is 179 Å². The van der Waals surface area contributed by atoms with Gasteiger partial charge in [-0.2, -0.15) is 5.10 Å². The van der Waals surface area contributed by atoms with Crippen LogP contribution in [0.1, 0.15) is 57.9 Å². The number of aromatic nitrogens is 2. The Morgan fingerprint density at radius 3 is 2.90 bits per heavy atom. The maximum atomic E-state index is 12.9. The van der Waals surface area contributed by atoms with Crippen molar-refractivity contribution in [3.05, 3.63) is 40.1 Å². The van der Waals surface area contributed by atoms with Crippen molar-refractivity contribution in [2.45, 2.75) is 56.0 Å². The van der Waals surface area contributed by atoms with Crippen LogP contribution < -0.4 is 14.8 Å². The van der Waals surface area contributed by atoms with Crippen molar-refractivity contribution in [1.29, 1.82) is 4.78 Å². The smallest absolute Gasteiger partial charge is 0.336 e. The van der Waals surface area contributed by atoms with E-state index in [4.69, 9.17) is 9.52 Å². The van der Waals surface area contributed by atoms with E-state index >= 15 is 0 Å². The molecule has 3 aliphatic rings. The number of carboxylic acids is 1. The van der Waals surface area contributed by atoms with Crippen molar-refractivity contribution in [3.8, 4) is 5.88 Å². The van der Waals surface area contributed by atoms with Gasteiger partial charge in [-0.05, 0) is 54.4 Å². The molecule has 0 saturated heterocycles. The number of fused-ring (bicyclic) bond motifs is 3. The molecule has 31 heavy (non-hydrogen) atoms. The third-order valence-electron chi connectivity index (χ3n) is 6.15. The minimum absolute atomic E-state index is 0.0261. The molecule has 0 fully saturated rings. The van der Waals surface area contributed by atoms with Gasteiger partial charge >= 0.3 is 12.0 Å². The van der Waals surface area contributed by atoms with Crippen LogP contribution in [0.5, 0.6) is 5.88 Å². The number of amides is 2. The molecular formula is C20H23N5O5S. The van der Waals surface area contributed by atoms with E-state index in [0.29, 0.717) is 37.1 Å². The fourth-order valence-electron chi connectivity index (χ4n) is 4.88. The van der Waals surface area contributed by atoms with Gasteiger partial charge in [0.25, 0.3) is 0 Å². The fraction of sp³-hybridized carbons (Fsp3) is 0.450. The Hall–Kier alpha value is -3.08. The highest BCUT2D eigenvalue weighted by Crippen LogP contribution is 2.40. The first-order valence-corrected chi connectivity index (χ1v) is 11.9. The van der Waals surface area contributed by atoms with Gasteiger partial charge in [0.1, 0.15) is 4.90 Å². The Kier molecular flexibility index (Phi) is 4.65. The van der Waals surface area contributed by atoms with E-state index in [2.05, 4.69) is 21.2 Å². The Balaban J connectivity index is 1.38. The average Bonchev–Trinajstić information content (AvgIpc) is 3.43. The van der Waals surface area contributed by atoms with Gasteiger partial charge in [-0.25, -0.2) is 28.0 Å². The quantitative estimate of drug-likeness (QED) is 0.567. The lowest BCUT2D eigenvalue weighted by molar-refractivity contribution is 0.0693. The van der Waals surface area contributed by atoms with Gasteiger partial charge in [-0.3, -0.25) is 0 Å². The molecule has 0 radical (unpaired) electrons. The lowest BCUT2D eigenvalue weighted by Gasteiger charge is -2.20. The summed E-state index contributed by atoms with van der Waals surface area (Å²) in [5.74, 6) is -0.751. The molecule has 10 nitrogen and oxygen atoms in total. The van der Waals surface area contributed by atoms with E-state index < -0.39 is 28.0 Å². The normalized spacial score (nSPS) is 20.7. The lowest BCUT2D eigenvalue weighted by atomic mass is 9.92. The van der Waals surface area contributed by atoms with Gasteiger partial charge in [-0.15, -0.1) is 0 Å². The number of benzene rings is 1. The molecule has 2 amide bonds. The molecule has 11 heteroatoms. The van der Waals surface area contributed by atoms with Gasteiger partial charge in [0.2, 0.25) is 5.88 Å². The van der Waals surface area contributed by atoms with E-state index in [1.165, 1.54) is 10.9 Å². The third kappa shape index (κ3) is 3.32. The fourth-order valence-corrected chi connectivity index (χ4v) is 5.91. The molecule has 1 aliphatic heterocycles. The van der Waals surface area contributed by atoms with Gasteiger partial charge in [0.05, 0.1) is 24.4 Å². The van der Waals surface area contributed by atoms with Crippen molar-refractivity contribution >= 4 is 21.9 Å². The Bertz CT molecular complexity index is 1200. The summed E-state index contributed by atoms with van der Waals surface area (Å²) in [7, 11) is -3.70. The van der Waals surface area contributed by atoms with Gasteiger partial charge < -0.3 is 15.2 Å². The largest absolute Gasteiger partial charge is 0.478 e. The Morgan fingerprint density at radius 1 is 1.26 bits per heavy atom. The van der Waals surface area contributed by atoms with E-state index in [1.807, 2.05) is 0 Å². The summed E-state index contributed by atoms with van der Waals surface area (Å²) in [5.41, 5.74) is 3.80. The summed E-state index contributed by atoms with van der Waals surface area (Å²) in [6.07, 6.45) is 5.78. The molecule has 2 unspecified atom stereocenters. The van der Waals surface area contributed by atoms with E-state index in [1.54, 1.807) is 0 Å². The number of urea groups is 1. The van der Waals surface area contributed by atoms with Crippen molar-refractivity contribution in [1.82, 2.24) is 19.8 Å². The van der Waals surface area contributed by atoms with Crippen molar-refractivity contribution in [3.63, 3.8) is 0 Å². The molecular weight excluding hydrogens is 422 g/mol. The third-order valence-corrected chi connectivity index (χ3v) is 7.53. The highest BCUT2D eigenvalue weighted by atomic mass is 32.2. The van der Waals surface area contributed by atoms with E-state index in [0.717, 1.165) is 42.4 Å². The van der Waals surface area contributed by atoms with Crippen LogP contribution in [0.3, 0.4) is 0 Å². The zero-order chi connectivity index (χ0) is 21.8. The van der Waals surface area contributed by atoms with Crippen LogP contribution in [0, 0.1) is 4.78 Å². The highest BCUT2D eigenvalue weighted by Gasteiger charge is 2.34. The van der Waals surface area contributed by atoms with Crippen LogP contribution in [0.25, 0.3) is 0 Å². The molecule has 2 aliphatic carbocycles. The summed E-state index contributed by atoms with van der Waals surface area (Å²) >= 11 is 0.